The molecule has 4 saturated carbocycles. The zero-order valence-corrected chi connectivity index (χ0v) is 13.8. The van der Waals surface area contributed by atoms with E-state index in [1.807, 2.05) is 6.07 Å². The molecular weight excluding hydrogens is 290 g/mol. The Kier molecular flexibility index (Phi) is 3.88. The fourth-order valence-electron chi connectivity index (χ4n) is 5.52. The molecule has 4 aliphatic rings. The highest BCUT2D eigenvalue weighted by Crippen LogP contribution is 2.60. The van der Waals surface area contributed by atoms with Crippen LogP contribution in [0.2, 0.25) is 0 Å². The molecule has 0 spiro atoms. The van der Waals surface area contributed by atoms with Gasteiger partial charge in [-0.25, -0.2) is 0 Å². The van der Waals surface area contributed by atoms with Crippen LogP contribution in [0, 0.1) is 23.2 Å². The molecule has 0 aliphatic heterocycles. The molecule has 0 aromatic carbocycles. The van der Waals surface area contributed by atoms with Crippen molar-refractivity contribution in [3.8, 4) is 5.75 Å². The Balaban J connectivity index is 1.35. The van der Waals surface area contributed by atoms with Gasteiger partial charge < -0.3 is 9.47 Å². The van der Waals surface area contributed by atoms with E-state index in [9.17, 15) is 4.79 Å². The van der Waals surface area contributed by atoms with Gasteiger partial charge in [-0.05, 0) is 67.9 Å². The van der Waals surface area contributed by atoms with E-state index < -0.39 is 0 Å². The van der Waals surface area contributed by atoms with Crippen molar-refractivity contribution in [2.75, 3.05) is 13.7 Å². The van der Waals surface area contributed by atoms with E-state index in [-0.39, 0.29) is 12.0 Å². The average molecular weight is 315 g/mol. The fourth-order valence-corrected chi connectivity index (χ4v) is 5.52. The molecule has 1 aromatic heterocycles. The molecule has 0 N–H and O–H groups in total. The average Bonchev–Trinajstić information content (AvgIpc) is 2.53. The van der Waals surface area contributed by atoms with Crippen LogP contribution in [0.3, 0.4) is 0 Å². The van der Waals surface area contributed by atoms with Crippen molar-refractivity contribution in [1.29, 1.82) is 0 Å². The van der Waals surface area contributed by atoms with Crippen LogP contribution in [-0.2, 0) is 16.1 Å². The monoisotopic (exact) mass is 315 g/mol. The number of pyridine rings is 1. The van der Waals surface area contributed by atoms with Gasteiger partial charge in [0, 0.05) is 11.6 Å². The van der Waals surface area contributed by atoms with Crippen molar-refractivity contribution in [2.45, 2.75) is 45.1 Å². The highest BCUT2D eigenvalue weighted by Gasteiger charge is 2.54. The molecule has 4 nitrogen and oxygen atoms in total. The van der Waals surface area contributed by atoms with Gasteiger partial charge in [-0.3, -0.25) is 9.78 Å². The molecule has 4 aliphatic carbocycles. The molecule has 5 rings (SSSR count). The number of methoxy groups -OCH3 is 1. The first-order valence-corrected chi connectivity index (χ1v) is 8.76. The molecule has 0 unspecified atom stereocenters. The third-order valence-corrected chi connectivity index (χ3v) is 6.14. The van der Waals surface area contributed by atoms with Gasteiger partial charge in [-0.15, -0.1) is 0 Å². The Hall–Kier alpha value is -1.42. The van der Waals surface area contributed by atoms with Gasteiger partial charge in [-0.2, -0.15) is 0 Å². The molecule has 0 radical (unpaired) electrons. The standard InChI is InChI=1S/C19H25NO3/c1-22-17-5-16(9-20-10-17)11-23-12-18(21)19-6-13-2-14(7-19)4-15(3-13)8-19/h5,9-10,13-15H,2-4,6-8,11-12H2,1H3. The van der Waals surface area contributed by atoms with E-state index in [1.54, 1.807) is 19.5 Å². The Labute approximate surface area is 137 Å². The van der Waals surface area contributed by atoms with Crippen molar-refractivity contribution in [3.05, 3.63) is 24.0 Å². The SMILES string of the molecule is COc1cncc(COCC(=O)C23CC4CC(CC(C4)C2)C3)c1. The zero-order chi connectivity index (χ0) is 15.9. The van der Waals surface area contributed by atoms with Crippen LogP contribution in [0.1, 0.15) is 44.1 Å². The number of Topliss-reactive ketones (excluding diaryl/α,β-unsaturated/α-hetero) is 1. The number of hydrogen-bond donors (Lipinski definition) is 0. The highest BCUT2D eigenvalue weighted by molar-refractivity contribution is 5.86. The predicted molar refractivity (Wildman–Crippen MR) is 86.1 cm³/mol. The summed E-state index contributed by atoms with van der Waals surface area (Å²) in [6.07, 6.45) is 10.9. The van der Waals surface area contributed by atoms with Crippen LogP contribution in [0.15, 0.2) is 18.5 Å². The Morgan fingerprint density at radius 1 is 1.17 bits per heavy atom. The third kappa shape index (κ3) is 2.89. The fraction of sp³-hybridized carbons (Fsp3) is 0.684. The lowest BCUT2D eigenvalue weighted by molar-refractivity contribution is -0.149. The predicted octanol–water partition coefficient (Wildman–Crippen LogP) is 3.39. The second kappa shape index (κ2) is 5.90. The van der Waals surface area contributed by atoms with Crippen LogP contribution < -0.4 is 4.74 Å². The van der Waals surface area contributed by atoms with E-state index in [4.69, 9.17) is 9.47 Å². The molecule has 0 saturated heterocycles. The molecule has 4 bridgehead atoms. The maximum atomic E-state index is 12.8. The van der Waals surface area contributed by atoms with Crippen LogP contribution in [0.5, 0.6) is 5.75 Å². The van der Waals surface area contributed by atoms with E-state index in [1.165, 1.54) is 19.3 Å². The Bertz CT molecular complexity index is 563. The van der Waals surface area contributed by atoms with E-state index in [0.29, 0.717) is 12.4 Å². The van der Waals surface area contributed by atoms with Crippen LogP contribution in [0.4, 0.5) is 0 Å². The minimum atomic E-state index is -0.0542. The molecule has 0 amide bonds. The van der Waals surface area contributed by atoms with Gasteiger partial charge >= 0.3 is 0 Å². The van der Waals surface area contributed by atoms with Crippen molar-refractivity contribution >= 4 is 5.78 Å². The van der Waals surface area contributed by atoms with Crippen molar-refractivity contribution in [1.82, 2.24) is 4.98 Å². The topological polar surface area (TPSA) is 48.4 Å². The molecular formula is C19H25NO3. The first-order valence-electron chi connectivity index (χ1n) is 8.76. The first kappa shape index (κ1) is 15.1. The maximum Gasteiger partial charge on any atom is 0.164 e. The lowest BCUT2D eigenvalue weighted by Crippen LogP contribution is -2.51. The van der Waals surface area contributed by atoms with Gasteiger partial charge in [0.25, 0.3) is 0 Å². The Morgan fingerprint density at radius 2 is 1.83 bits per heavy atom. The molecule has 1 heterocycles. The Morgan fingerprint density at radius 3 is 2.43 bits per heavy atom. The summed E-state index contributed by atoms with van der Waals surface area (Å²) in [7, 11) is 1.62. The smallest absolute Gasteiger partial charge is 0.164 e. The van der Waals surface area contributed by atoms with Gasteiger partial charge in [0.2, 0.25) is 0 Å². The molecule has 23 heavy (non-hydrogen) atoms. The van der Waals surface area contributed by atoms with Gasteiger partial charge in [-0.1, -0.05) is 0 Å². The minimum absolute atomic E-state index is 0.0542. The quantitative estimate of drug-likeness (QED) is 0.807. The van der Waals surface area contributed by atoms with Gasteiger partial charge in [0.05, 0.1) is 19.9 Å². The summed E-state index contributed by atoms with van der Waals surface area (Å²) in [6.45, 7) is 0.658. The number of carbonyl (C=O) groups is 1. The van der Waals surface area contributed by atoms with Crippen molar-refractivity contribution in [2.24, 2.45) is 23.2 Å². The minimum Gasteiger partial charge on any atom is -0.495 e. The highest BCUT2D eigenvalue weighted by atomic mass is 16.5. The van der Waals surface area contributed by atoms with Crippen LogP contribution >= 0.6 is 0 Å². The summed E-state index contributed by atoms with van der Waals surface area (Å²) < 4.78 is 10.9. The lowest BCUT2D eigenvalue weighted by atomic mass is 9.48. The molecule has 4 fully saturated rings. The summed E-state index contributed by atoms with van der Waals surface area (Å²) in [6, 6.07) is 1.90. The van der Waals surface area contributed by atoms with Crippen LogP contribution in [0.25, 0.3) is 0 Å². The first-order chi connectivity index (χ1) is 11.2. The maximum absolute atomic E-state index is 12.8. The summed E-state index contributed by atoms with van der Waals surface area (Å²) in [5, 5.41) is 0. The van der Waals surface area contributed by atoms with Gasteiger partial charge in [0.1, 0.15) is 12.4 Å². The second-order valence-electron chi connectivity index (χ2n) is 7.85. The second-order valence-corrected chi connectivity index (χ2v) is 7.85. The van der Waals surface area contributed by atoms with E-state index in [2.05, 4.69) is 4.98 Å². The number of nitrogens with zero attached hydrogens (tertiary/aromatic N) is 1. The molecule has 0 atom stereocenters. The molecule has 124 valence electrons. The summed E-state index contributed by atoms with van der Waals surface area (Å²) >= 11 is 0. The number of aromatic nitrogens is 1. The van der Waals surface area contributed by atoms with Crippen LogP contribution in [-0.4, -0.2) is 24.5 Å². The molecule has 4 heteroatoms. The summed E-state index contributed by atoms with van der Waals surface area (Å²) in [5.41, 5.74) is 0.893. The summed E-state index contributed by atoms with van der Waals surface area (Å²) in [4.78, 5) is 17.0. The summed E-state index contributed by atoms with van der Waals surface area (Å²) in [5.74, 6) is 3.46. The number of hydrogen-bond acceptors (Lipinski definition) is 4. The number of ether oxygens (including phenoxy) is 2. The molecule has 1 aromatic rings. The number of ketones is 1. The van der Waals surface area contributed by atoms with Gasteiger partial charge in [0.15, 0.2) is 5.78 Å². The number of carbonyl (C=O) groups excluding carboxylic acids is 1. The van der Waals surface area contributed by atoms with Crippen molar-refractivity contribution in [3.63, 3.8) is 0 Å². The third-order valence-electron chi connectivity index (χ3n) is 6.14. The van der Waals surface area contributed by atoms with Crippen molar-refractivity contribution < 1.29 is 14.3 Å². The number of rotatable bonds is 6. The largest absolute Gasteiger partial charge is 0.495 e. The zero-order valence-electron chi connectivity index (χ0n) is 13.8. The normalized spacial score (nSPS) is 34.6. The van der Waals surface area contributed by atoms with E-state index in [0.717, 1.165) is 48.3 Å². The van der Waals surface area contributed by atoms with E-state index >= 15 is 0 Å². The lowest BCUT2D eigenvalue weighted by Gasteiger charge is -2.55.